The largest absolute Gasteiger partial charge is 0.130 e. The fraction of sp³-hybridized carbons (Fsp3) is 0.500. The first kappa shape index (κ1) is 9.14. The molecule has 1 fully saturated rings. The van der Waals surface area contributed by atoms with Crippen molar-refractivity contribution in [3.05, 3.63) is 29.8 Å². The normalized spacial score (nSPS) is 17.9. The minimum atomic E-state index is 0.854. The lowest BCUT2D eigenvalue weighted by Gasteiger charge is -2.09. The molecule has 1 aromatic carbocycles. The second-order valence-electron chi connectivity index (χ2n) is 3.76. The van der Waals surface area contributed by atoms with Crippen molar-refractivity contribution in [2.45, 2.75) is 36.5 Å². The average molecular weight is 192 g/mol. The number of rotatable bonds is 2. The van der Waals surface area contributed by atoms with Gasteiger partial charge in [-0.05, 0) is 42.7 Å². The van der Waals surface area contributed by atoms with E-state index in [1.807, 2.05) is 11.8 Å². The summed E-state index contributed by atoms with van der Waals surface area (Å²) in [6.07, 6.45) is 7.80. The second kappa shape index (κ2) is 4.19. The molecule has 1 heteroatoms. The van der Waals surface area contributed by atoms with Gasteiger partial charge in [0.15, 0.2) is 0 Å². The molecule has 0 N–H and O–H groups in total. The number of thioether (sulfide) groups is 1. The van der Waals surface area contributed by atoms with E-state index < -0.39 is 0 Å². The predicted molar refractivity (Wildman–Crippen MR) is 59.4 cm³/mol. The van der Waals surface area contributed by atoms with Crippen LogP contribution in [-0.2, 0) is 0 Å². The van der Waals surface area contributed by atoms with Crippen molar-refractivity contribution in [1.29, 1.82) is 0 Å². The van der Waals surface area contributed by atoms with E-state index in [0.717, 1.165) is 5.92 Å². The summed E-state index contributed by atoms with van der Waals surface area (Å²) in [5.74, 6) is 0.854. The summed E-state index contributed by atoms with van der Waals surface area (Å²) in [5.41, 5.74) is 1.56. The van der Waals surface area contributed by atoms with Crippen LogP contribution >= 0.6 is 11.8 Å². The molecular weight excluding hydrogens is 176 g/mol. The minimum absolute atomic E-state index is 0.854. The Bertz CT molecular complexity index is 274. The molecule has 0 unspecified atom stereocenters. The molecular formula is C12H16S. The van der Waals surface area contributed by atoms with Gasteiger partial charge in [-0.1, -0.05) is 25.0 Å². The zero-order valence-electron chi connectivity index (χ0n) is 8.12. The topological polar surface area (TPSA) is 0 Å². The van der Waals surface area contributed by atoms with E-state index in [2.05, 4.69) is 30.5 Å². The van der Waals surface area contributed by atoms with Crippen LogP contribution in [0.3, 0.4) is 0 Å². The Hall–Kier alpha value is -0.430. The Balaban J connectivity index is 2.18. The average Bonchev–Trinajstić information content (AvgIpc) is 2.71. The highest BCUT2D eigenvalue weighted by Crippen LogP contribution is 2.35. The SMILES string of the molecule is CSc1cccc(C2CCCC2)c1. The molecule has 0 aromatic heterocycles. The van der Waals surface area contributed by atoms with Crippen molar-refractivity contribution in [3.8, 4) is 0 Å². The van der Waals surface area contributed by atoms with Crippen molar-refractivity contribution in [2.75, 3.05) is 6.26 Å². The maximum Gasteiger partial charge on any atom is 0.00719 e. The van der Waals surface area contributed by atoms with E-state index in [9.17, 15) is 0 Å². The second-order valence-corrected chi connectivity index (χ2v) is 4.64. The summed E-state index contributed by atoms with van der Waals surface area (Å²) < 4.78 is 0. The van der Waals surface area contributed by atoms with Crippen LogP contribution in [0.1, 0.15) is 37.2 Å². The fourth-order valence-corrected chi connectivity index (χ4v) is 2.62. The van der Waals surface area contributed by atoms with Gasteiger partial charge in [-0.3, -0.25) is 0 Å². The summed E-state index contributed by atoms with van der Waals surface area (Å²) in [5, 5.41) is 0. The summed E-state index contributed by atoms with van der Waals surface area (Å²) in [7, 11) is 0. The summed E-state index contributed by atoms with van der Waals surface area (Å²) in [6.45, 7) is 0. The van der Waals surface area contributed by atoms with E-state index in [-0.39, 0.29) is 0 Å². The van der Waals surface area contributed by atoms with Crippen LogP contribution < -0.4 is 0 Å². The van der Waals surface area contributed by atoms with Gasteiger partial charge in [-0.25, -0.2) is 0 Å². The van der Waals surface area contributed by atoms with E-state index >= 15 is 0 Å². The highest BCUT2D eigenvalue weighted by atomic mass is 32.2. The monoisotopic (exact) mass is 192 g/mol. The zero-order chi connectivity index (χ0) is 9.10. The molecule has 0 atom stereocenters. The molecule has 0 nitrogen and oxygen atoms in total. The number of hydrogen-bond donors (Lipinski definition) is 0. The van der Waals surface area contributed by atoms with Crippen LogP contribution in [0.5, 0.6) is 0 Å². The van der Waals surface area contributed by atoms with Crippen LogP contribution in [0.25, 0.3) is 0 Å². The van der Waals surface area contributed by atoms with Crippen molar-refractivity contribution in [2.24, 2.45) is 0 Å². The molecule has 2 rings (SSSR count). The molecule has 0 spiro atoms. The first-order valence-corrected chi connectivity index (χ1v) is 6.26. The molecule has 0 radical (unpaired) electrons. The molecule has 1 saturated carbocycles. The third kappa shape index (κ3) is 2.08. The third-order valence-electron chi connectivity index (χ3n) is 2.92. The smallest absolute Gasteiger partial charge is 0.00719 e. The van der Waals surface area contributed by atoms with E-state index in [1.54, 1.807) is 5.56 Å². The van der Waals surface area contributed by atoms with Crippen LogP contribution in [-0.4, -0.2) is 6.26 Å². The van der Waals surface area contributed by atoms with Crippen LogP contribution in [0, 0.1) is 0 Å². The van der Waals surface area contributed by atoms with Crippen LogP contribution in [0.15, 0.2) is 29.2 Å². The molecule has 0 saturated heterocycles. The Morgan fingerprint density at radius 2 is 2.00 bits per heavy atom. The van der Waals surface area contributed by atoms with Crippen molar-refractivity contribution >= 4 is 11.8 Å². The summed E-state index contributed by atoms with van der Waals surface area (Å²) >= 11 is 1.84. The van der Waals surface area contributed by atoms with Gasteiger partial charge in [0.25, 0.3) is 0 Å². The molecule has 0 aliphatic heterocycles. The van der Waals surface area contributed by atoms with Crippen LogP contribution in [0.2, 0.25) is 0 Å². The maximum absolute atomic E-state index is 2.36. The lowest BCUT2D eigenvalue weighted by molar-refractivity contribution is 0.721. The highest BCUT2D eigenvalue weighted by molar-refractivity contribution is 7.98. The maximum atomic E-state index is 2.36. The van der Waals surface area contributed by atoms with Gasteiger partial charge in [0.1, 0.15) is 0 Å². The Morgan fingerprint density at radius 3 is 2.69 bits per heavy atom. The van der Waals surface area contributed by atoms with Gasteiger partial charge < -0.3 is 0 Å². The number of benzene rings is 1. The van der Waals surface area contributed by atoms with Gasteiger partial charge in [0.05, 0.1) is 0 Å². The van der Waals surface area contributed by atoms with Crippen molar-refractivity contribution < 1.29 is 0 Å². The molecule has 1 aromatic rings. The fourth-order valence-electron chi connectivity index (χ4n) is 2.15. The summed E-state index contributed by atoms with van der Waals surface area (Å²) in [6, 6.07) is 9.04. The van der Waals surface area contributed by atoms with E-state index in [0.29, 0.717) is 0 Å². The lowest BCUT2D eigenvalue weighted by Crippen LogP contribution is -1.91. The molecule has 70 valence electrons. The molecule has 0 bridgehead atoms. The molecule has 13 heavy (non-hydrogen) atoms. The van der Waals surface area contributed by atoms with Gasteiger partial charge in [-0.15, -0.1) is 11.8 Å². The Morgan fingerprint density at radius 1 is 1.23 bits per heavy atom. The zero-order valence-corrected chi connectivity index (χ0v) is 8.94. The standard InChI is InChI=1S/C12H16S/c1-13-12-8-4-7-11(9-12)10-5-2-3-6-10/h4,7-10H,2-3,5-6H2,1H3. The molecule has 1 aliphatic rings. The Labute approximate surface area is 84.7 Å². The van der Waals surface area contributed by atoms with Gasteiger partial charge in [0, 0.05) is 4.90 Å². The van der Waals surface area contributed by atoms with E-state index in [4.69, 9.17) is 0 Å². The van der Waals surface area contributed by atoms with Crippen molar-refractivity contribution in [1.82, 2.24) is 0 Å². The number of hydrogen-bond acceptors (Lipinski definition) is 1. The minimum Gasteiger partial charge on any atom is -0.130 e. The third-order valence-corrected chi connectivity index (χ3v) is 3.65. The highest BCUT2D eigenvalue weighted by Gasteiger charge is 2.16. The quantitative estimate of drug-likeness (QED) is 0.637. The van der Waals surface area contributed by atoms with E-state index in [1.165, 1.54) is 30.6 Å². The van der Waals surface area contributed by atoms with Gasteiger partial charge in [-0.2, -0.15) is 0 Å². The molecule has 0 amide bonds. The van der Waals surface area contributed by atoms with Crippen LogP contribution in [0.4, 0.5) is 0 Å². The first-order chi connectivity index (χ1) is 6.40. The van der Waals surface area contributed by atoms with Crippen molar-refractivity contribution in [3.63, 3.8) is 0 Å². The van der Waals surface area contributed by atoms with Gasteiger partial charge >= 0.3 is 0 Å². The predicted octanol–water partition coefficient (Wildman–Crippen LogP) is 4.07. The lowest BCUT2D eigenvalue weighted by atomic mass is 9.98. The Kier molecular flexibility index (Phi) is 2.94. The summed E-state index contributed by atoms with van der Waals surface area (Å²) in [4.78, 5) is 1.41. The molecule has 1 aliphatic carbocycles. The first-order valence-electron chi connectivity index (χ1n) is 5.04. The molecule has 0 heterocycles. The van der Waals surface area contributed by atoms with Gasteiger partial charge in [0.2, 0.25) is 0 Å².